The van der Waals surface area contributed by atoms with Crippen LogP contribution in [0.15, 0.2) is 29.7 Å². The van der Waals surface area contributed by atoms with Gasteiger partial charge in [-0.25, -0.2) is 13.6 Å². The number of hydrogen-bond donors (Lipinski definition) is 0. The fraction of sp³-hybridized carbons (Fsp3) is 0.263. The molecule has 1 amide bonds. The van der Waals surface area contributed by atoms with E-state index in [4.69, 9.17) is 9.47 Å². The highest BCUT2D eigenvalue weighted by molar-refractivity contribution is 6.12. The molecule has 0 radical (unpaired) electrons. The first-order chi connectivity index (χ1) is 13.7. The van der Waals surface area contributed by atoms with Gasteiger partial charge in [0.1, 0.15) is 12.2 Å². The number of benzene rings is 1. The Bertz CT molecular complexity index is 1120. The summed E-state index contributed by atoms with van der Waals surface area (Å²) in [4.78, 5) is 50.1. The van der Waals surface area contributed by atoms with E-state index in [9.17, 15) is 28.0 Å². The second kappa shape index (κ2) is 7.46. The third-order valence-corrected chi connectivity index (χ3v) is 4.45. The zero-order chi connectivity index (χ0) is 21.5. The van der Waals surface area contributed by atoms with Gasteiger partial charge in [-0.15, -0.1) is 0 Å². The van der Waals surface area contributed by atoms with Crippen molar-refractivity contribution in [3.63, 3.8) is 0 Å². The van der Waals surface area contributed by atoms with Crippen LogP contribution in [0.25, 0.3) is 10.9 Å². The van der Waals surface area contributed by atoms with Crippen LogP contribution in [0.5, 0.6) is 0 Å². The average Bonchev–Trinajstić information content (AvgIpc) is 2.69. The molecular weight excluding hydrogens is 390 g/mol. The summed E-state index contributed by atoms with van der Waals surface area (Å²) < 4.78 is 39.7. The van der Waals surface area contributed by atoms with Crippen molar-refractivity contribution in [2.24, 2.45) is 0 Å². The Morgan fingerprint density at radius 2 is 1.97 bits per heavy atom. The van der Waals surface area contributed by atoms with Gasteiger partial charge in [0, 0.05) is 18.8 Å². The zero-order valence-electron chi connectivity index (χ0n) is 15.5. The van der Waals surface area contributed by atoms with E-state index < -0.39 is 52.0 Å². The third-order valence-electron chi connectivity index (χ3n) is 4.45. The Kier molecular flexibility index (Phi) is 5.19. The van der Waals surface area contributed by atoms with Crippen molar-refractivity contribution in [2.75, 3.05) is 25.3 Å². The first-order valence-electron chi connectivity index (χ1n) is 8.54. The van der Waals surface area contributed by atoms with Gasteiger partial charge in [0.05, 0.1) is 17.5 Å². The molecule has 0 aliphatic carbocycles. The molecule has 0 saturated heterocycles. The molecule has 29 heavy (non-hydrogen) atoms. The summed E-state index contributed by atoms with van der Waals surface area (Å²) in [6.07, 6.45) is 2.24. The maximum Gasteiger partial charge on any atom is 0.343 e. The molecule has 0 fully saturated rings. The molecule has 1 unspecified atom stereocenters. The van der Waals surface area contributed by atoms with E-state index in [2.05, 4.69) is 6.58 Å². The van der Waals surface area contributed by atoms with Crippen LogP contribution in [0, 0.1) is 11.6 Å². The van der Waals surface area contributed by atoms with Crippen LogP contribution < -0.4 is 10.4 Å². The number of pyridine rings is 1. The summed E-state index contributed by atoms with van der Waals surface area (Å²) in [5, 5.41) is 0.527. The highest BCUT2D eigenvalue weighted by Crippen LogP contribution is 2.35. The number of rotatable bonds is 5. The number of ether oxygens (including phenoxy) is 2. The van der Waals surface area contributed by atoms with Crippen LogP contribution in [0.4, 0.5) is 8.78 Å². The minimum Gasteiger partial charge on any atom is -0.462 e. The predicted molar refractivity (Wildman–Crippen MR) is 97.1 cm³/mol. The first kappa shape index (κ1) is 20.2. The molecule has 0 N–H and O–H groups in total. The van der Waals surface area contributed by atoms with E-state index in [0.717, 1.165) is 15.9 Å². The summed E-state index contributed by atoms with van der Waals surface area (Å²) in [5.74, 6) is -7.78. The molecule has 1 aliphatic rings. The Balaban J connectivity index is 2.39. The van der Waals surface area contributed by atoms with E-state index >= 15 is 0 Å². The van der Waals surface area contributed by atoms with Gasteiger partial charge in [0.2, 0.25) is 5.43 Å². The molecule has 0 bridgehead atoms. The maximum absolute atomic E-state index is 14.7. The van der Waals surface area contributed by atoms with Gasteiger partial charge in [-0.1, -0.05) is 12.7 Å². The van der Waals surface area contributed by atoms with Crippen molar-refractivity contribution < 1.29 is 32.6 Å². The van der Waals surface area contributed by atoms with Crippen LogP contribution in [0.2, 0.25) is 0 Å². The van der Waals surface area contributed by atoms with E-state index in [-0.39, 0.29) is 24.1 Å². The number of halogens is 2. The van der Waals surface area contributed by atoms with Gasteiger partial charge < -0.3 is 9.47 Å². The Morgan fingerprint density at radius 1 is 1.28 bits per heavy atom. The van der Waals surface area contributed by atoms with Gasteiger partial charge >= 0.3 is 11.9 Å². The topological polar surface area (TPSA) is 94.9 Å². The number of amides is 1. The summed E-state index contributed by atoms with van der Waals surface area (Å²) in [7, 11) is 1.25. The van der Waals surface area contributed by atoms with Crippen LogP contribution >= 0.6 is 0 Å². The van der Waals surface area contributed by atoms with Crippen molar-refractivity contribution in [3.05, 3.63) is 57.9 Å². The highest BCUT2D eigenvalue weighted by Gasteiger charge is 2.42. The molecule has 152 valence electrons. The molecule has 1 aromatic heterocycles. The molecule has 1 aromatic carbocycles. The number of carbonyl (C=O) groups is 3. The molecule has 3 rings (SSSR count). The van der Waals surface area contributed by atoms with Gasteiger partial charge in [-0.05, 0) is 13.0 Å². The van der Waals surface area contributed by atoms with Crippen molar-refractivity contribution in [3.8, 4) is 0 Å². The Hall–Kier alpha value is -3.56. The van der Waals surface area contributed by atoms with Gasteiger partial charge in [-0.2, -0.15) is 0 Å². The molecule has 0 saturated carbocycles. The van der Waals surface area contributed by atoms with E-state index in [1.165, 1.54) is 20.0 Å². The Labute approximate surface area is 162 Å². The normalized spacial score (nSPS) is 15.4. The fourth-order valence-electron chi connectivity index (χ4n) is 3.16. The lowest BCUT2D eigenvalue weighted by atomic mass is 9.92. The maximum atomic E-state index is 14.7. The minimum absolute atomic E-state index is 0.0225. The smallest absolute Gasteiger partial charge is 0.343 e. The standard InChI is InChI=1S/C19H16F2N2O6/c1-4-6-29-19(27)13-12-14(21)11(20)7-9-15(12)23(22(3)17(13)25)8-10(16(9)24)18(26)28-5-2/h4,7-8,13H,1,5-6H2,2-3H3. The average molecular weight is 406 g/mol. The van der Waals surface area contributed by atoms with Crippen LogP contribution in [0.3, 0.4) is 0 Å². The lowest BCUT2D eigenvalue weighted by Gasteiger charge is -2.33. The van der Waals surface area contributed by atoms with Gasteiger partial charge in [0.15, 0.2) is 17.6 Å². The summed E-state index contributed by atoms with van der Waals surface area (Å²) >= 11 is 0. The predicted octanol–water partition coefficient (Wildman–Crippen LogP) is 1.38. The lowest BCUT2D eigenvalue weighted by Crippen LogP contribution is -2.48. The lowest BCUT2D eigenvalue weighted by molar-refractivity contribution is -0.147. The molecule has 1 aliphatic heterocycles. The second-order valence-electron chi connectivity index (χ2n) is 6.13. The second-order valence-corrected chi connectivity index (χ2v) is 6.13. The van der Waals surface area contributed by atoms with E-state index in [0.29, 0.717) is 6.07 Å². The van der Waals surface area contributed by atoms with Crippen molar-refractivity contribution in [1.29, 1.82) is 0 Å². The largest absolute Gasteiger partial charge is 0.462 e. The van der Waals surface area contributed by atoms with Gasteiger partial charge in [-0.3, -0.25) is 24.1 Å². The number of carbonyl (C=O) groups excluding carboxylic acids is 3. The van der Waals surface area contributed by atoms with Gasteiger partial charge in [0.25, 0.3) is 5.91 Å². The molecule has 0 spiro atoms. The summed E-state index contributed by atoms with van der Waals surface area (Å²) in [6, 6.07) is 0.617. The molecule has 8 nitrogen and oxygen atoms in total. The highest BCUT2D eigenvalue weighted by atomic mass is 19.2. The first-order valence-corrected chi connectivity index (χ1v) is 8.54. The minimum atomic E-state index is -1.83. The molecular formula is C19H16F2N2O6. The molecule has 1 atom stereocenters. The number of hydrogen-bond acceptors (Lipinski definition) is 6. The van der Waals surface area contributed by atoms with Crippen molar-refractivity contribution in [2.45, 2.75) is 12.8 Å². The van der Waals surface area contributed by atoms with Crippen LogP contribution in [-0.4, -0.2) is 42.8 Å². The van der Waals surface area contributed by atoms with Crippen molar-refractivity contribution in [1.82, 2.24) is 4.68 Å². The van der Waals surface area contributed by atoms with Crippen molar-refractivity contribution >= 4 is 28.7 Å². The SMILES string of the molecule is C=CCOC(=O)C1C(=O)N(C)n2cc(C(=O)OCC)c(=O)c3cc(F)c(F)c1c32. The van der Waals surface area contributed by atoms with E-state index in [1.54, 1.807) is 0 Å². The molecule has 2 heterocycles. The molecule has 2 aromatic rings. The number of likely N-dealkylation sites (N-methyl/N-ethyl adjacent to an activating group) is 1. The van der Waals surface area contributed by atoms with Crippen LogP contribution in [-0.2, 0) is 19.1 Å². The number of esters is 2. The number of nitrogens with zero attached hydrogens (tertiary/aromatic N) is 2. The summed E-state index contributed by atoms with van der Waals surface area (Å²) in [6.45, 7) is 4.63. The molecule has 10 heteroatoms. The van der Waals surface area contributed by atoms with E-state index in [1.807, 2.05) is 0 Å². The number of aromatic nitrogens is 1. The fourth-order valence-corrected chi connectivity index (χ4v) is 3.16. The van der Waals surface area contributed by atoms with Crippen LogP contribution in [0.1, 0.15) is 28.8 Å². The Morgan fingerprint density at radius 3 is 2.59 bits per heavy atom. The monoisotopic (exact) mass is 406 g/mol. The summed E-state index contributed by atoms with van der Waals surface area (Å²) in [5.41, 5.74) is -2.24. The quantitative estimate of drug-likeness (QED) is 0.423. The third kappa shape index (κ3) is 3.06. The zero-order valence-corrected chi connectivity index (χ0v) is 15.5.